The summed E-state index contributed by atoms with van der Waals surface area (Å²) in [5.41, 5.74) is 7.88. The summed E-state index contributed by atoms with van der Waals surface area (Å²) < 4.78 is 33.5. The third-order valence-electron chi connectivity index (χ3n) is 15.1. The summed E-state index contributed by atoms with van der Waals surface area (Å²) in [5, 5.41) is 25.0. The zero-order valence-electron chi connectivity index (χ0n) is 34.1. The minimum absolute atomic E-state index is 0.284. The van der Waals surface area contributed by atoms with Gasteiger partial charge >= 0.3 is 0 Å². The lowest BCUT2D eigenvalue weighted by Crippen LogP contribution is -1.93. The molecule has 0 saturated heterocycles. The maximum Gasteiger partial charge on any atom is 0.131 e. The summed E-state index contributed by atoms with van der Waals surface area (Å²) >= 11 is 0. The van der Waals surface area contributed by atoms with Crippen LogP contribution in [0.2, 0.25) is 0 Å². The highest BCUT2D eigenvalue weighted by atomic mass is 19.1. The summed E-state index contributed by atoms with van der Waals surface area (Å²) in [5.74, 6) is -0.569. The van der Waals surface area contributed by atoms with E-state index in [0.717, 1.165) is 59.6 Å². The van der Waals surface area contributed by atoms with Crippen molar-refractivity contribution < 1.29 is 8.78 Å². The van der Waals surface area contributed by atoms with Gasteiger partial charge in [-0.1, -0.05) is 146 Å². The van der Waals surface area contributed by atoms with Gasteiger partial charge in [-0.15, -0.1) is 0 Å². The number of hydrogen-bond acceptors (Lipinski definition) is 0. The number of fused-ring (bicyclic) bond motifs is 13. The van der Waals surface area contributed by atoms with Crippen LogP contribution in [0.5, 0.6) is 0 Å². The van der Waals surface area contributed by atoms with Crippen molar-refractivity contribution in [2.75, 3.05) is 0 Å². The Morgan fingerprint density at radius 2 is 0.594 bits per heavy atom. The predicted octanol–water partition coefficient (Wildman–Crippen LogP) is 17.9. The second-order valence-corrected chi connectivity index (χ2v) is 18.0. The molecular formula is C62H30F2. The monoisotopic (exact) mass is 812 g/mol. The smallest absolute Gasteiger partial charge is 0.131 e. The molecule has 292 valence electrons. The molecule has 1 aliphatic carbocycles. The van der Waals surface area contributed by atoms with Crippen molar-refractivity contribution in [2.24, 2.45) is 0 Å². The van der Waals surface area contributed by atoms with Gasteiger partial charge < -0.3 is 0 Å². The zero-order chi connectivity index (χ0) is 41.7. The molecule has 0 unspecified atom stereocenters. The van der Waals surface area contributed by atoms with Crippen LogP contribution < -0.4 is 0 Å². The van der Waals surface area contributed by atoms with Crippen LogP contribution in [-0.4, -0.2) is 0 Å². The van der Waals surface area contributed by atoms with Crippen LogP contribution in [0, 0.1) is 11.6 Å². The van der Waals surface area contributed by atoms with E-state index in [1.807, 2.05) is 24.3 Å². The molecule has 0 radical (unpaired) electrons. The molecule has 0 bridgehead atoms. The van der Waals surface area contributed by atoms with Gasteiger partial charge in [0.1, 0.15) is 11.6 Å². The van der Waals surface area contributed by atoms with Gasteiger partial charge in [-0.25, -0.2) is 8.78 Å². The molecule has 64 heavy (non-hydrogen) atoms. The fourth-order valence-electron chi connectivity index (χ4n) is 12.6. The summed E-state index contributed by atoms with van der Waals surface area (Å²) in [6.45, 7) is 0. The highest BCUT2D eigenvalue weighted by Crippen LogP contribution is 2.57. The Balaban J connectivity index is 1.12. The van der Waals surface area contributed by atoms with Crippen LogP contribution in [0.25, 0.3) is 163 Å². The summed E-state index contributed by atoms with van der Waals surface area (Å²) in [4.78, 5) is 0. The molecule has 0 heterocycles. The molecule has 0 fully saturated rings. The molecule has 0 aromatic heterocycles. The highest BCUT2D eigenvalue weighted by molar-refractivity contribution is 6.47. The molecule has 0 aliphatic heterocycles. The first-order valence-corrected chi connectivity index (χ1v) is 22.1. The Morgan fingerprint density at radius 1 is 0.203 bits per heavy atom. The van der Waals surface area contributed by atoms with Gasteiger partial charge in [0.25, 0.3) is 0 Å². The normalized spacial score (nSPS) is 12.8. The molecule has 0 atom stereocenters. The van der Waals surface area contributed by atoms with Gasteiger partial charge in [-0.05, 0) is 177 Å². The van der Waals surface area contributed by atoms with Gasteiger partial charge in [0, 0.05) is 22.3 Å². The van der Waals surface area contributed by atoms with Gasteiger partial charge in [-0.3, -0.25) is 0 Å². The molecular weight excluding hydrogens is 783 g/mol. The van der Waals surface area contributed by atoms with Crippen molar-refractivity contribution in [3.63, 3.8) is 0 Å². The molecule has 1 aliphatic rings. The average Bonchev–Trinajstić information content (AvgIpc) is 3.95. The Kier molecular flexibility index (Phi) is 5.97. The third kappa shape index (κ3) is 3.87. The maximum atomic E-state index is 16.7. The Hall–Kier alpha value is -8.20. The van der Waals surface area contributed by atoms with E-state index in [1.165, 1.54) is 92.3 Å². The summed E-state index contributed by atoms with van der Waals surface area (Å²) in [7, 11) is 0. The molecule has 0 nitrogen and oxygen atoms in total. The highest BCUT2D eigenvalue weighted by Gasteiger charge is 2.30. The zero-order valence-corrected chi connectivity index (χ0v) is 34.1. The number of hydrogen-bond donors (Lipinski definition) is 0. The minimum atomic E-state index is -0.284. The van der Waals surface area contributed by atoms with Gasteiger partial charge in [0.05, 0.1) is 0 Å². The standard InChI is InChI=1S/C62H30F2/c63-52-17-5-3-13-42(52)58-50-29-48-34-15-7-11-31-12-8-16-35(54(31)34)49(48)30-51(50)59(43-14-4-6-18-53(43)64)62-45-26-24-39-37-20-22-41-47-28-33-10-2-1-9-32(33)27-46(47)40-21-19-36(55(37)57(40)41)38-23-25-44(61(58)62)60(45)56(38)39/h1-30H. The minimum Gasteiger partial charge on any atom is -0.206 e. The molecule has 0 amide bonds. The van der Waals surface area contributed by atoms with Crippen molar-refractivity contribution in [1.29, 1.82) is 0 Å². The van der Waals surface area contributed by atoms with Gasteiger partial charge in [0.15, 0.2) is 0 Å². The second-order valence-electron chi connectivity index (χ2n) is 18.0. The first-order valence-electron chi connectivity index (χ1n) is 22.1. The lowest BCUT2D eigenvalue weighted by Gasteiger charge is -2.18. The van der Waals surface area contributed by atoms with E-state index < -0.39 is 0 Å². The quantitative estimate of drug-likeness (QED) is 0.120. The van der Waals surface area contributed by atoms with Crippen LogP contribution >= 0.6 is 0 Å². The van der Waals surface area contributed by atoms with E-state index >= 15 is 8.78 Å². The van der Waals surface area contributed by atoms with Crippen molar-refractivity contribution in [3.05, 3.63) is 194 Å². The van der Waals surface area contributed by atoms with E-state index in [1.54, 1.807) is 24.3 Å². The number of halogens is 2. The van der Waals surface area contributed by atoms with Gasteiger partial charge in [0.2, 0.25) is 0 Å². The van der Waals surface area contributed by atoms with E-state index in [-0.39, 0.29) is 11.6 Å². The number of rotatable bonds is 2. The third-order valence-corrected chi connectivity index (χ3v) is 15.1. The Labute approximate surface area is 363 Å². The largest absolute Gasteiger partial charge is 0.206 e. The van der Waals surface area contributed by atoms with Crippen molar-refractivity contribution in [1.82, 2.24) is 0 Å². The van der Waals surface area contributed by atoms with Crippen molar-refractivity contribution in [3.8, 4) is 44.5 Å². The van der Waals surface area contributed by atoms with E-state index in [4.69, 9.17) is 0 Å². The van der Waals surface area contributed by atoms with Gasteiger partial charge in [-0.2, -0.15) is 0 Å². The topological polar surface area (TPSA) is 0 Å². The van der Waals surface area contributed by atoms with Crippen molar-refractivity contribution in [2.45, 2.75) is 0 Å². The second kappa shape index (κ2) is 11.4. The van der Waals surface area contributed by atoms with Crippen molar-refractivity contribution >= 4 is 118 Å². The maximum absolute atomic E-state index is 16.7. The van der Waals surface area contributed by atoms with E-state index in [9.17, 15) is 0 Å². The fraction of sp³-hybridized carbons (Fsp3) is 0. The Bertz CT molecular complexity index is 4330. The summed E-state index contributed by atoms with van der Waals surface area (Å²) in [6, 6.07) is 63.6. The van der Waals surface area contributed by atoms with Crippen LogP contribution in [0.1, 0.15) is 0 Å². The fourth-order valence-corrected chi connectivity index (χ4v) is 12.6. The molecule has 0 N–H and O–H groups in total. The molecule has 0 saturated carbocycles. The van der Waals surface area contributed by atoms with Crippen LogP contribution in [-0.2, 0) is 0 Å². The predicted molar refractivity (Wildman–Crippen MR) is 268 cm³/mol. The molecule has 15 aromatic carbocycles. The summed E-state index contributed by atoms with van der Waals surface area (Å²) in [6.07, 6.45) is 0. The first-order chi connectivity index (χ1) is 31.6. The van der Waals surface area contributed by atoms with Crippen LogP contribution in [0.15, 0.2) is 182 Å². The molecule has 2 heteroatoms. The average molecular weight is 813 g/mol. The van der Waals surface area contributed by atoms with Crippen LogP contribution in [0.4, 0.5) is 8.78 Å². The lowest BCUT2D eigenvalue weighted by atomic mass is 9.85. The molecule has 0 spiro atoms. The lowest BCUT2D eigenvalue weighted by molar-refractivity contribution is 0.631. The first kappa shape index (κ1) is 33.4. The molecule has 16 rings (SSSR count). The Morgan fingerprint density at radius 3 is 1.09 bits per heavy atom. The van der Waals surface area contributed by atoms with E-state index in [2.05, 4.69) is 133 Å². The number of benzene rings is 13. The molecule has 15 aromatic rings. The van der Waals surface area contributed by atoms with Crippen LogP contribution in [0.3, 0.4) is 0 Å². The SMILES string of the molecule is Fc1ccccc1-c1c2cc3c(cc2c(-c2ccccc2F)c2c4ccc5c6ccc7c8c(ccc(c9ccc(c12)c4c95)c86)-c1cc2ccccc2cc1-7)c1cccc2cccc3c21. The van der Waals surface area contributed by atoms with E-state index in [0.29, 0.717) is 11.1 Å².